The number of hydrogen-bond acceptors (Lipinski definition) is 13. The van der Waals surface area contributed by atoms with Gasteiger partial charge in [-0.25, -0.2) is 0 Å². The molecule has 0 saturated heterocycles. The van der Waals surface area contributed by atoms with Crippen LogP contribution >= 0.6 is 211 Å². The van der Waals surface area contributed by atoms with Gasteiger partial charge in [0, 0.05) is 39.0 Å². The molecule has 582 valence electrons. The van der Waals surface area contributed by atoms with Gasteiger partial charge in [0.25, 0.3) is 0 Å². The molecule has 107 heavy (non-hydrogen) atoms. The van der Waals surface area contributed by atoms with Gasteiger partial charge >= 0.3 is 0 Å². The molecule has 0 saturated carbocycles. The van der Waals surface area contributed by atoms with E-state index in [1.807, 2.05) is 45.3 Å². The van der Waals surface area contributed by atoms with Crippen LogP contribution in [0.2, 0.25) is 0 Å². The molecular formula is C90H116Br4S13. The zero-order valence-corrected chi connectivity index (χ0v) is 81.3. The summed E-state index contributed by atoms with van der Waals surface area (Å²) in [6.45, 7) is 9.24. The Bertz CT molecular complexity index is 4430. The van der Waals surface area contributed by atoms with Crippen molar-refractivity contribution < 1.29 is 0 Å². The van der Waals surface area contributed by atoms with Crippen LogP contribution < -0.4 is 0 Å². The summed E-state index contributed by atoms with van der Waals surface area (Å²) in [7, 11) is 0. The summed E-state index contributed by atoms with van der Waals surface area (Å²) in [5.74, 6) is 0. The van der Waals surface area contributed by atoms with Crippen LogP contribution in [0.3, 0.4) is 0 Å². The van der Waals surface area contributed by atoms with E-state index in [1.165, 1.54) is 362 Å². The molecule has 0 atom stereocenters. The fraction of sp³-hybridized carbons (Fsp3) is 0.578. The van der Waals surface area contributed by atoms with Gasteiger partial charge in [0.05, 0.1) is 80.9 Å². The third-order valence-corrected chi connectivity index (χ3v) is 41.9. The molecule has 13 aromatic heterocycles. The fourth-order valence-corrected chi connectivity index (χ4v) is 36.0. The molecule has 13 aromatic rings. The highest BCUT2D eigenvalue weighted by molar-refractivity contribution is 9.11. The Hall–Kier alpha value is -0.160. The second-order valence-corrected chi connectivity index (χ2v) is 49.4. The van der Waals surface area contributed by atoms with E-state index in [4.69, 9.17) is 0 Å². The number of rotatable bonds is 52. The van der Waals surface area contributed by atoms with E-state index in [1.54, 1.807) is 88.1 Å². The highest BCUT2D eigenvalue weighted by atomic mass is 79.9. The molecule has 0 spiro atoms. The zero-order chi connectivity index (χ0) is 74.1. The van der Waals surface area contributed by atoms with E-state index >= 15 is 0 Å². The summed E-state index contributed by atoms with van der Waals surface area (Å²) >= 11 is 41.6. The van der Waals surface area contributed by atoms with E-state index in [0.29, 0.717) is 0 Å². The van der Waals surface area contributed by atoms with Gasteiger partial charge in [-0.05, 0) is 186 Å². The molecule has 13 heterocycles. The third kappa shape index (κ3) is 23.6. The van der Waals surface area contributed by atoms with Gasteiger partial charge in [0.2, 0.25) is 0 Å². The SMILES string of the molecule is CCCCCCCCCCCCCc1c(-c2ccc(Br)s2)sc2c1sc1c2sc2c3sc(-c4ccc(Br)s4)c(CCCCCCCCCCCCC)c3sc21.CCCCCCCCCCCCCc1c(-c2ccc(Br)s2)sc2c1sc1c3sc(-c4ccc(Br)s4)c(CCCCCCCCCCCCC)c3sc21. The molecule has 0 unspecified atom stereocenters. The monoisotopic (exact) mass is 1930 g/mol. The summed E-state index contributed by atoms with van der Waals surface area (Å²) in [6.07, 6.45) is 66.4. The summed E-state index contributed by atoms with van der Waals surface area (Å²) in [5, 5.41) is 0. The Morgan fingerprint density at radius 3 is 0.477 bits per heavy atom. The van der Waals surface area contributed by atoms with Crippen molar-refractivity contribution in [1.82, 2.24) is 0 Å². The summed E-state index contributed by atoms with van der Waals surface area (Å²) in [5.41, 5.74) is 6.53. The van der Waals surface area contributed by atoms with Gasteiger partial charge in [-0.3, -0.25) is 0 Å². The lowest BCUT2D eigenvalue weighted by molar-refractivity contribution is 0.550. The van der Waals surface area contributed by atoms with Crippen molar-refractivity contribution in [2.75, 3.05) is 0 Å². The molecule has 0 fully saturated rings. The third-order valence-electron chi connectivity index (χ3n) is 21.8. The Morgan fingerprint density at radius 1 is 0.168 bits per heavy atom. The smallest absolute Gasteiger partial charge is 0.0705 e. The normalized spacial score (nSPS) is 12.2. The Kier molecular flexibility index (Phi) is 37.1. The van der Waals surface area contributed by atoms with E-state index in [2.05, 4.69) is 242 Å². The number of halogens is 4. The lowest BCUT2D eigenvalue weighted by Gasteiger charge is -2.05. The van der Waals surface area contributed by atoms with Crippen LogP contribution in [0.1, 0.15) is 332 Å². The van der Waals surface area contributed by atoms with Gasteiger partial charge in [0.1, 0.15) is 0 Å². The molecule has 0 N–H and O–H groups in total. The summed E-state index contributed by atoms with van der Waals surface area (Å²) < 4.78 is 26.9. The van der Waals surface area contributed by atoms with Crippen LogP contribution in [0.4, 0.5) is 0 Å². The average molecular weight is 1930 g/mol. The van der Waals surface area contributed by atoms with Crippen molar-refractivity contribution in [2.24, 2.45) is 0 Å². The van der Waals surface area contributed by atoms with Crippen LogP contribution in [0.5, 0.6) is 0 Å². The summed E-state index contributed by atoms with van der Waals surface area (Å²) in [6, 6.07) is 18.3. The molecule has 0 aliphatic carbocycles. The molecule has 0 radical (unpaired) electrons. The lowest BCUT2D eigenvalue weighted by atomic mass is 10.0. The summed E-state index contributed by atoms with van der Waals surface area (Å²) in [4.78, 5) is 11.9. The number of aryl methyl sites for hydroxylation is 4. The van der Waals surface area contributed by atoms with Gasteiger partial charge in [0.15, 0.2) is 0 Å². The number of fused-ring (bicyclic) bond motifs is 12. The first-order valence-corrected chi connectivity index (χ1v) is 55.7. The standard InChI is InChI=1S/C46H58Br2S7.C44H58Br2S6/c1-3-5-7-9-11-13-15-17-19-21-23-25-31-37(33-27-29-35(47)49-33)51-41-39(31)53-45-43(41)55-44-42-40(54-46(44)45)32(38(52-42)34-28-30-36(48)50-34)26-24-22-20-18-16-14-12-10-8-6-4-2;1-3-5-7-9-11-13-15-17-19-21-23-25-31-37(33-27-29-35(45)47-33)49-41-39(31)51-44-42-40(52-43(41)44)32(38(50-42)34-28-30-36(46)48-34)26-24-22-20-18-16-14-12-10-8-6-4-2/h27-30H,3-26H2,1-2H3;27-30H,3-26H2,1-2H3. The maximum Gasteiger partial charge on any atom is 0.0705 e. The van der Waals surface area contributed by atoms with Crippen molar-refractivity contribution in [1.29, 1.82) is 0 Å². The van der Waals surface area contributed by atoms with Crippen molar-refractivity contribution in [3.63, 3.8) is 0 Å². The molecule has 17 heteroatoms. The molecule has 0 aliphatic heterocycles. The Morgan fingerprint density at radius 2 is 0.318 bits per heavy atom. The van der Waals surface area contributed by atoms with Crippen molar-refractivity contribution in [3.8, 4) is 39.0 Å². The number of hydrogen-bond donors (Lipinski definition) is 0. The molecule has 0 aromatic carbocycles. The van der Waals surface area contributed by atoms with E-state index in [9.17, 15) is 0 Å². The Labute approximate surface area is 728 Å². The average Bonchev–Trinajstić information content (AvgIpc) is 1.55. The molecule has 0 aliphatic rings. The Balaban J connectivity index is 0.000000201. The predicted molar refractivity (Wildman–Crippen MR) is 521 cm³/mol. The molecule has 0 bridgehead atoms. The first-order valence-electron chi connectivity index (χ1n) is 41.9. The fourth-order valence-electron chi connectivity index (χ4n) is 15.8. The molecule has 13 rings (SSSR count). The van der Waals surface area contributed by atoms with E-state index < -0.39 is 0 Å². The van der Waals surface area contributed by atoms with E-state index in [-0.39, 0.29) is 0 Å². The minimum atomic E-state index is 1.21. The van der Waals surface area contributed by atoms with Crippen LogP contribution in [0, 0.1) is 0 Å². The number of thiophene rings is 13. The van der Waals surface area contributed by atoms with Crippen LogP contribution in [-0.4, -0.2) is 0 Å². The highest BCUT2D eigenvalue weighted by Crippen LogP contribution is 2.60. The van der Waals surface area contributed by atoms with Crippen LogP contribution in [0.15, 0.2) is 63.7 Å². The van der Waals surface area contributed by atoms with Gasteiger partial charge in [-0.15, -0.1) is 147 Å². The van der Waals surface area contributed by atoms with Gasteiger partial charge in [-0.1, -0.05) is 285 Å². The minimum Gasteiger partial charge on any atom is -0.132 e. The second kappa shape index (κ2) is 46.1. The highest BCUT2D eigenvalue weighted by Gasteiger charge is 2.29. The largest absolute Gasteiger partial charge is 0.132 e. The van der Waals surface area contributed by atoms with Crippen molar-refractivity contribution >= 4 is 277 Å². The predicted octanol–water partition coefficient (Wildman–Crippen LogP) is 41.4. The second-order valence-electron chi connectivity index (χ2n) is 30.3. The minimum absolute atomic E-state index is 1.21. The maximum atomic E-state index is 3.78. The van der Waals surface area contributed by atoms with Gasteiger partial charge < -0.3 is 0 Å². The molecule has 0 amide bonds. The van der Waals surface area contributed by atoms with Crippen molar-refractivity contribution in [3.05, 3.63) is 85.9 Å². The lowest BCUT2D eigenvalue weighted by Crippen LogP contribution is -1.87. The zero-order valence-electron chi connectivity index (χ0n) is 64.4. The quantitative estimate of drug-likeness (QED) is 0.0333. The van der Waals surface area contributed by atoms with Crippen LogP contribution in [-0.2, 0) is 25.7 Å². The van der Waals surface area contributed by atoms with Crippen LogP contribution in [0.25, 0.3) is 105 Å². The topological polar surface area (TPSA) is 0 Å². The molecular weight excluding hydrogens is 1820 g/mol. The maximum absolute atomic E-state index is 3.78. The van der Waals surface area contributed by atoms with Gasteiger partial charge in [-0.2, -0.15) is 0 Å². The first kappa shape index (κ1) is 86.2. The molecule has 0 nitrogen and oxygen atoms in total. The first-order chi connectivity index (χ1) is 52.7. The number of unbranched alkanes of at least 4 members (excludes halogenated alkanes) is 40. The van der Waals surface area contributed by atoms with E-state index in [0.717, 1.165) is 0 Å². The van der Waals surface area contributed by atoms with Crippen molar-refractivity contribution in [2.45, 2.75) is 336 Å².